The summed E-state index contributed by atoms with van der Waals surface area (Å²) in [5.74, 6) is -1.29. The highest BCUT2D eigenvalue weighted by Crippen LogP contribution is 2.40. The van der Waals surface area contributed by atoms with E-state index in [2.05, 4.69) is 6.92 Å². The van der Waals surface area contributed by atoms with E-state index in [0.717, 1.165) is 18.9 Å². The number of ether oxygens (including phenoxy) is 4. The van der Waals surface area contributed by atoms with Crippen LogP contribution in [0.25, 0.3) is 0 Å². The monoisotopic (exact) mass is 585 g/mol. The summed E-state index contributed by atoms with van der Waals surface area (Å²) in [6.07, 6.45) is -1.47. The fourth-order valence-corrected chi connectivity index (χ4v) is 5.11. The van der Waals surface area contributed by atoms with Crippen LogP contribution in [0.15, 0.2) is 36.4 Å². The molecule has 0 heterocycles. The number of hydrogen-bond donors (Lipinski definition) is 0. The molecule has 0 unspecified atom stereocenters. The van der Waals surface area contributed by atoms with Crippen molar-refractivity contribution in [2.24, 2.45) is 11.8 Å². The molecule has 0 spiro atoms. The van der Waals surface area contributed by atoms with E-state index in [-0.39, 0.29) is 53.5 Å². The molecule has 0 aliphatic heterocycles. The second-order valence-electron chi connectivity index (χ2n) is 9.96. The average molecular weight is 586 g/mol. The third-order valence-corrected chi connectivity index (χ3v) is 7.36. The number of nitrogens with zero attached hydrogens (tertiary/aromatic N) is 1. The van der Waals surface area contributed by atoms with Crippen LogP contribution in [0.3, 0.4) is 0 Å². The maximum Gasteiger partial charge on any atom is 0.419 e. The number of benzene rings is 2. The molecule has 11 heteroatoms. The van der Waals surface area contributed by atoms with Gasteiger partial charge in [-0.05, 0) is 67.5 Å². The van der Waals surface area contributed by atoms with Gasteiger partial charge < -0.3 is 23.8 Å². The Morgan fingerprint density at radius 1 is 1.00 bits per heavy atom. The third kappa shape index (κ3) is 7.67. The van der Waals surface area contributed by atoms with Crippen LogP contribution in [-0.2, 0) is 31.1 Å². The van der Waals surface area contributed by atoms with Crippen molar-refractivity contribution < 1.29 is 41.7 Å². The average Bonchev–Trinajstić information content (AvgIpc) is 2.93. The van der Waals surface area contributed by atoms with E-state index < -0.39 is 29.5 Å². The quantitative estimate of drug-likeness (QED) is 0.212. The number of methoxy groups -OCH3 is 3. The van der Waals surface area contributed by atoms with Crippen molar-refractivity contribution in [3.05, 3.63) is 53.1 Å². The summed E-state index contributed by atoms with van der Waals surface area (Å²) < 4.78 is 62.6. The van der Waals surface area contributed by atoms with Crippen molar-refractivity contribution in [1.82, 2.24) is 0 Å². The first kappa shape index (κ1) is 31.7. The summed E-state index contributed by atoms with van der Waals surface area (Å²) in [6.45, 7) is 2.41. The minimum atomic E-state index is -4.70. The molecule has 40 heavy (non-hydrogen) atoms. The van der Waals surface area contributed by atoms with Crippen LogP contribution in [0.5, 0.6) is 11.5 Å². The van der Waals surface area contributed by atoms with Crippen molar-refractivity contribution in [2.45, 2.75) is 50.7 Å². The minimum absolute atomic E-state index is 0.0396. The van der Waals surface area contributed by atoms with Gasteiger partial charge in [0.15, 0.2) is 0 Å². The molecule has 3 rings (SSSR count). The number of anilines is 1. The smallest absolute Gasteiger partial charge is 0.419 e. The van der Waals surface area contributed by atoms with Crippen molar-refractivity contribution in [1.29, 1.82) is 0 Å². The van der Waals surface area contributed by atoms with Crippen LogP contribution in [0.4, 0.5) is 18.9 Å². The second kappa shape index (κ2) is 14.2. The Morgan fingerprint density at radius 2 is 1.65 bits per heavy atom. The standard InChI is InChI=1S/C29H35ClF3NO6/c1-18-5-8-20(9-6-18)27(35)34(21(16-37-2)17-38-3)25-11-10-22(14-23(25)28(36)39-4)40-26-12-7-19(15-30)13-24(26)29(31,32)33/h7,10-14,18,20-21H,5-6,8-9,15-17H2,1-4H3. The predicted octanol–water partition coefficient (Wildman–Crippen LogP) is 6.84. The lowest BCUT2D eigenvalue weighted by Crippen LogP contribution is -2.49. The van der Waals surface area contributed by atoms with E-state index in [1.165, 1.54) is 56.6 Å². The lowest BCUT2D eigenvalue weighted by molar-refractivity contribution is -0.138. The number of carbonyl (C=O) groups excluding carboxylic acids is 2. The molecule has 2 aromatic rings. The first-order valence-corrected chi connectivity index (χ1v) is 13.5. The molecular weight excluding hydrogens is 551 g/mol. The molecule has 1 aliphatic rings. The van der Waals surface area contributed by atoms with Gasteiger partial charge in [-0.1, -0.05) is 13.0 Å². The predicted molar refractivity (Wildman–Crippen MR) is 145 cm³/mol. The van der Waals surface area contributed by atoms with E-state index >= 15 is 0 Å². The largest absolute Gasteiger partial charge is 0.465 e. The molecule has 0 aromatic heterocycles. The molecule has 1 aliphatic carbocycles. The number of halogens is 4. The van der Waals surface area contributed by atoms with E-state index in [9.17, 15) is 22.8 Å². The number of esters is 1. The van der Waals surface area contributed by atoms with Crippen molar-refractivity contribution >= 4 is 29.2 Å². The number of amides is 1. The topological polar surface area (TPSA) is 74.3 Å². The molecule has 2 aromatic carbocycles. The highest BCUT2D eigenvalue weighted by atomic mass is 35.5. The number of alkyl halides is 4. The Kier molecular flexibility index (Phi) is 11.2. The number of rotatable bonds is 11. The van der Waals surface area contributed by atoms with Crippen LogP contribution in [0.2, 0.25) is 0 Å². The maximum absolute atomic E-state index is 13.9. The van der Waals surface area contributed by atoms with Gasteiger partial charge >= 0.3 is 12.1 Å². The SMILES string of the molecule is COCC(COC)N(C(=O)C1CCC(C)CC1)c1ccc(Oc2ccc(CCl)cc2C(F)(F)F)cc1C(=O)OC. The van der Waals surface area contributed by atoms with E-state index in [1.807, 2.05) is 0 Å². The van der Waals surface area contributed by atoms with E-state index in [4.69, 9.17) is 30.5 Å². The molecule has 0 radical (unpaired) electrons. The van der Waals surface area contributed by atoms with Gasteiger partial charge in [-0.3, -0.25) is 4.79 Å². The first-order chi connectivity index (χ1) is 19.0. The lowest BCUT2D eigenvalue weighted by Gasteiger charge is -2.36. The summed E-state index contributed by atoms with van der Waals surface area (Å²) in [4.78, 5) is 28.4. The summed E-state index contributed by atoms with van der Waals surface area (Å²) >= 11 is 5.73. The molecular formula is C29H35ClF3NO6. The zero-order valence-corrected chi connectivity index (χ0v) is 23.8. The van der Waals surface area contributed by atoms with Gasteiger partial charge in [-0.25, -0.2) is 4.79 Å². The van der Waals surface area contributed by atoms with Crippen LogP contribution in [0, 0.1) is 11.8 Å². The number of carbonyl (C=O) groups is 2. The molecule has 0 N–H and O–H groups in total. The van der Waals surface area contributed by atoms with E-state index in [0.29, 0.717) is 18.8 Å². The van der Waals surface area contributed by atoms with Gasteiger partial charge in [0.2, 0.25) is 5.91 Å². The van der Waals surface area contributed by atoms with Gasteiger partial charge in [0.1, 0.15) is 11.5 Å². The molecule has 1 fully saturated rings. The second-order valence-corrected chi connectivity index (χ2v) is 10.2. The molecule has 7 nitrogen and oxygen atoms in total. The molecule has 220 valence electrons. The molecule has 1 amide bonds. The summed E-state index contributed by atoms with van der Waals surface area (Å²) in [6, 6.07) is 7.12. The van der Waals surface area contributed by atoms with Crippen LogP contribution in [0.1, 0.15) is 54.1 Å². The molecule has 0 bridgehead atoms. The number of hydrogen-bond acceptors (Lipinski definition) is 6. The summed E-state index contributed by atoms with van der Waals surface area (Å²) in [7, 11) is 4.18. The van der Waals surface area contributed by atoms with Gasteiger partial charge in [-0.2, -0.15) is 13.2 Å². The zero-order valence-electron chi connectivity index (χ0n) is 23.1. The Balaban J connectivity index is 2.09. The highest BCUT2D eigenvalue weighted by Gasteiger charge is 2.37. The van der Waals surface area contributed by atoms with E-state index in [1.54, 1.807) is 0 Å². The van der Waals surface area contributed by atoms with Crippen LogP contribution >= 0.6 is 11.6 Å². The normalized spacial score (nSPS) is 17.5. The van der Waals surface area contributed by atoms with Crippen LogP contribution < -0.4 is 9.64 Å². The van der Waals surface area contributed by atoms with Crippen molar-refractivity contribution in [3.8, 4) is 11.5 Å². The molecule has 1 saturated carbocycles. The summed E-state index contributed by atoms with van der Waals surface area (Å²) in [5, 5.41) is 0. The summed E-state index contributed by atoms with van der Waals surface area (Å²) in [5.41, 5.74) is -0.533. The maximum atomic E-state index is 13.9. The third-order valence-electron chi connectivity index (χ3n) is 7.05. The Morgan fingerprint density at radius 3 is 2.20 bits per heavy atom. The minimum Gasteiger partial charge on any atom is -0.465 e. The van der Waals surface area contributed by atoms with Gasteiger partial charge in [-0.15, -0.1) is 11.6 Å². The van der Waals surface area contributed by atoms with Crippen LogP contribution in [-0.4, -0.2) is 52.5 Å². The van der Waals surface area contributed by atoms with Gasteiger partial charge in [0, 0.05) is 26.0 Å². The zero-order chi connectivity index (χ0) is 29.4. The van der Waals surface area contributed by atoms with Gasteiger partial charge in [0.05, 0.1) is 43.2 Å². The fourth-order valence-electron chi connectivity index (χ4n) is 4.94. The Hall–Kier alpha value is -2.82. The Bertz CT molecular complexity index is 1160. The fraction of sp³-hybridized carbons (Fsp3) is 0.517. The molecule has 0 saturated heterocycles. The van der Waals surface area contributed by atoms with Crippen molar-refractivity contribution in [3.63, 3.8) is 0 Å². The first-order valence-electron chi connectivity index (χ1n) is 13.0. The molecule has 0 atom stereocenters. The Labute approximate surface area is 237 Å². The van der Waals surface area contributed by atoms with Gasteiger partial charge in [0.25, 0.3) is 0 Å². The highest BCUT2D eigenvalue weighted by molar-refractivity contribution is 6.17. The lowest BCUT2D eigenvalue weighted by atomic mass is 9.82. The van der Waals surface area contributed by atoms with Crippen molar-refractivity contribution in [2.75, 3.05) is 39.4 Å².